The van der Waals surface area contributed by atoms with E-state index in [0.29, 0.717) is 33.6 Å². The topological polar surface area (TPSA) is 67.4 Å². The number of hydrogen-bond acceptors (Lipinski definition) is 4. The largest absolute Gasteiger partial charge is 0.462 e. The molecule has 0 aliphatic heterocycles. The number of benzene rings is 2. The highest BCUT2D eigenvalue weighted by Crippen LogP contribution is 2.22. The van der Waals surface area contributed by atoms with Crippen molar-refractivity contribution in [2.24, 2.45) is 0 Å². The average Bonchev–Trinajstić information content (AvgIpc) is 2.57. The molecule has 0 atom stereocenters. The summed E-state index contributed by atoms with van der Waals surface area (Å²) >= 11 is 11.8. The molecule has 1 amide bonds. The van der Waals surface area contributed by atoms with Gasteiger partial charge in [0.15, 0.2) is 0 Å². The van der Waals surface area contributed by atoms with Gasteiger partial charge in [-0.25, -0.2) is 4.79 Å². The zero-order chi connectivity index (χ0) is 18.2. The molecule has 0 radical (unpaired) electrons. The number of rotatable bonds is 7. The molecule has 0 saturated heterocycles. The summed E-state index contributed by atoms with van der Waals surface area (Å²) in [5, 5.41) is 6.57. The third kappa shape index (κ3) is 6.29. The fourth-order valence-electron chi connectivity index (χ4n) is 2.02. The van der Waals surface area contributed by atoms with Gasteiger partial charge >= 0.3 is 5.97 Å². The molecule has 0 aromatic heterocycles. The van der Waals surface area contributed by atoms with Crippen molar-refractivity contribution in [1.29, 1.82) is 0 Å². The van der Waals surface area contributed by atoms with Crippen molar-refractivity contribution in [1.82, 2.24) is 0 Å². The molecule has 0 aliphatic carbocycles. The zero-order valence-corrected chi connectivity index (χ0v) is 15.2. The van der Waals surface area contributed by atoms with Gasteiger partial charge in [-0.05, 0) is 48.9 Å². The van der Waals surface area contributed by atoms with Crippen LogP contribution in [-0.2, 0) is 9.53 Å². The minimum absolute atomic E-state index is 0.0593. The number of nitrogens with one attached hydrogen (secondary N) is 2. The highest BCUT2D eigenvalue weighted by atomic mass is 35.5. The first-order chi connectivity index (χ1) is 12.0. The summed E-state index contributed by atoms with van der Waals surface area (Å²) in [5.74, 6) is -0.603. The van der Waals surface area contributed by atoms with E-state index in [-0.39, 0.29) is 18.4 Å². The second-order valence-corrected chi connectivity index (χ2v) is 6.15. The van der Waals surface area contributed by atoms with Gasteiger partial charge < -0.3 is 15.4 Å². The molecule has 0 aliphatic rings. The predicted octanol–water partition coefficient (Wildman–Crippen LogP) is 4.61. The van der Waals surface area contributed by atoms with Crippen molar-refractivity contribution in [3.63, 3.8) is 0 Å². The Bertz CT molecular complexity index is 728. The number of halogens is 2. The molecule has 0 saturated carbocycles. The quantitative estimate of drug-likeness (QED) is 0.688. The van der Waals surface area contributed by atoms with Gasteiger partial charge in [0.2, 0.25) is 5.91 Å². The molecule has 0 unspecified atom stereocenters. The van der Waals surface area contributed by atoms with Crippen molar-refractivity contribution in [3.05, 3.63) is 58.1 Å². The minimum Gasteiger partial charge on any atom is -0.462 e. The summed E-state index contributed by atoms with van der Waals surface area (Å²) in [6.45, 7) is 2.39. The highest BCUT2D eigenvalue weighted by molar-refractivity contribution is 6.35. The molecule has 0 bridgehead atoms. The van der Waals surface area contributed by atoms with E-state index in [1.165, 1.54) is 0 Å². The number of carbonyl (C=O) groups is 2. The highest BCUT2D eigenvalue weighted by Gasteiger charge is 2.07. The Kier molecular flexibility index (Phi) is 7.10. The van der Waals surface area contributed by atoms with E-state index in [1.54, 1.807) is 42.5 Å². The van der Waals surface area contributed by atoms with Crippen molar-refractivity contribution in [2.75, 3.05) is 23.8 Å². The lowest BCUT2D eigenvalue weighted by Gasteiger charge is -2.09. The first-order valence-electron chi connectivity index (χ1n) is 7.75. The van der Waals surface area contributed by atoms with Crippen LogP contribution in [0.5, 0.6) is 0 Å². The van der Waals surface area contributed by atoms with Gasteiger partial charge in [0, 0.05) is 21.4 Å². The van der Waals surface area contributed by atoms with Crippen LogP contribution >= 0.6 is 23.2 Å². The van der Waals surface area contributed by atoms with Crippen LogP contribution in [0.1, 0.15) is 23.7 Å². The predicted molar refractivity (Wildman–Crippen MR) is 101 cm³/mol. The van der Waals surface area contributed by atoms with Gasteiger partial charge in [-0.3, -0.25) is 4.79 Å². The molecule has 132 valence electrons. The van der Waals surface area contributed by atoms with Gasteiger partial charge in [-0.1, -0.05) is 30.1 Å². The number of anilines is 2. The summed E-state index contributed by atoms with van der Waals surface area (Å²) in [5.41, 5.74) is 1.71. The van der Waals surface area contributed by atoms with Crippen molar-refractivity contribution >= 4 is 46.5 Å². The Morgan fingerprint density at radius 1 is 1.00 bits per heavy atom. The van der Waals surface area contributed by atoms with Crippen LogP contribution in [0.3, 0.4) is 0 Å². The van der Waals surface area contributed by atoms with Crippen molar-refractivity contribution in [2.45, 2.75) is 13.3 Å². The van der Waals surface area contributed by atoms with Gasteiger partial charge in [-0.2, -0.15) is 0 Å². The first-order valence-corrected chi connectivity index (χ1v) is 8.50. The monoisotopic (exact) mass is 380 g/mol. The fraction of sp³-hybridized carbons (Fsp3) is 0.222. The van der Waals surface area contributed by atoms with E-state index < -0.39 is 0 Å². The third-order valence-electron chi connectivity index (χ3n) is 3.16. The molecule has 0 fully saturated rings. The lowest BCUT2D eigenvalue weighted by molar-refractivity contribution is -0.114. The first kappa shape index (κ1) is 19.1. The average molecular weight is 381 g/mol. The fourth-order valence-corrected chi connectivity index (χ4v) is 2.54. The summed E-state index contributed by atoms with van der Waals surface area (Å²) in [6.07, 6.45) is 0.776. The van der Waals surface area contributed by atoms with Gasteiger partial charge in [-0.15, -0.1) is 0 Å². The number of hydrogen-bond donors (Lipinski definition) is 2. The van der Waals surface area contributed by atoms with Crippen LogP contribution in [-0.4, -0.2) is 25.0 Å². The molecule has 2 N–H and O–H groups in total. The van der Waals surface area contributed by atoms with E-state index in [1.807, 2.05) is 6.92 Å². The Hall–Kier alpha value is -2.24. The second kappa shape index (κ2) is 9.30. The number of amides is 1. The second-order valence-electron chi connectivity index (χ2n) is 5.27. The third-order valence-corrected chi connectivity index (χ3v) is 3.59. The number of esters is 1. The lowest BCUT2D eigenvalue weighted by atomic mass is 10.2. The van der Waals surface area contributed by atoms with E-state index in [0.717, 1.165) is 6.42 Å². The van der Waals surface area contributed by atoms with Crippen molar-refractivity contribution in [3.8, 4) is 0 Å². The van der Waals surface area contributed by atoms with Crippen LogP contribution in [0.25, 0.3) is 0 Å². The van der Waals surface area contributed by atoms with Crippen molar-refractivity contribution < 1.29 is 14.3 Å². The normalized spacial score (nSPS) is 10.2. The Balaban J connectivity index is 1.86. The van der Waals surface area contributed by atoms with Crippen LogP contribution in [0, 0.1) is 0 Å². The lowest BCUT2D eigenvalue weighted by Crippen LogP contribution is -2.21. The van der Waals surface area contributed by atoms with E-state index >= 15 is 0 Å². The molecule has 5 nitrogen and oxygen atoms in total. The van der Waals surface area contributed by atoms with Crippen LogP contribution in [0.2, 0.25) is 10.0 Å². The summed E-state index contributed by atoms with van der Waals surface area (Å²) < 4.78 is 5.06. The van der Waals surface area contributed by atoms with Crippen LogP contribution in [0.15, 0.2) is 42.5 Å². The van der Waals surface area contributed by atoms with Gasteiger partial charge in [0.25, 0.3) is 0 Å². The zero-order valence-electron chi connectivity index (χ0n) is 13.6. The molecular weight excluding hydrogens is 363 g/mol. The molecule has 25 heavy (non-hydrogen) atoms. The Morgan fingerprint density at radius 3 is 2.24 bits per heavy atom. The van der Waals surface area contributed by atoms with E-state index in [2.05, 4.69) is 10.6 Å². The van der Waals surface area contributed by atoms with E-state index in [4.69, 9.17) is 27.9 Å². The molecule has 2 aromatic carbocycles. The Morgan fingerprint density at radius 2 is 1.64 bits per heavy atom. The standard InChI is InChI=1S/C18H18Cl2N2O3/c1-2-7-25-18(24)12-3-5-15(6-4-12)21-11-17(23)22-16-9-13(19)8-14(20)10-16/h3-6,8-10,21H,2,7,11H2,1H3,(H,22,23). The van der Waals surface area contributed by atoms with Gasteiger partial charge in [0.1, 0.15) is 0 Å². The molecule has 2 aromatic rings. The molecule has 0 heterocycles. The summed E-state index contributed by atoms with van der Waals surface area (Å²) in [4.78, 5) is 23.7. The summed E-state index contributed by atoms with van der Waals surface area (Å²) in [6, 6.07) is 11.5. The maximum atomic E-state index is 12.0. The maximum absolute atomic E-state index is 12.0. The molecule has 2 rings (SSSR count). The van der Waals surface area contributed by atoms with E-state index in [9.17, 15) is 9.59 Å². The number of carbonyl (C=O) groups excluding carboxylic acids is 2. The minimum atomic E-state index is -0.357. The van der Waals surface area contributed by atoms with Crippen LogP contribution < -0.4 is 10.6 Å². The van der Waals surface area contributed by atoms with Crippen LogP contribution in [0.4, 0.5) is 11.4 Å². The molecular formula is C18H18Cl2N2O3. The smallest absolute Gasteiger partial charge is 0.338 e. The number of ether oxygens (including phenoxy) is 1. The summed E-state index contributed by atoms with van der Waals surface area (Å²) in [7, 11) is 0. The molecule has 0 spiro atoms. The SMILES string of the molecule is CCCOC(=O)c1ccc(NCC(=O)Nc2cc(Cl)cc(Cl)c2)cc1. The van der Waals surface area contributed by atoms with Gasteiger partial charge in [0.05, 0.1) is 18.7 Å². The maximum Gasteiger partial charge on any atom is 0.338 e. The Labute approximate surface area is 156 Å². The molecule has 7 heteroatoms.